The van der Waals surface area contributed by atoms with Gasteiger partial charge in [-0.25, -0.2) is 4.98 Å². The van der Waals surface area contributed by atoms with Crippen LogP contribution in [0.2, 0.25) is 0 Å². The van der Waals surface area contributed by atoms with Crippen LogP contribution in [0.4, 0.5) is 5.82 Å². The first-order valence-electron chi connectivity index (χ1n) is 10.4. The number of likely N-dealkylation sites (tertiary alicyclic amines) is 1. The summed E-state index contributed by atoms with van der Waals surface area (Å²) in [7, 11) is 0. The number of hydrogen-bond acceptors (Lipinski definition) is 3. The summed E-state index contributed by atoms with van der Waals surface area (Å²) < 4.78 is 0. The van der Waals surface area contributed by atoms with Crippen LogP contribution in [0.1, 0.15) is 73.3 Å². The van der Waals surface area contributed by atoms with Gasteiger partial charge in [0.1, 0.15) is 5.82 Å². The second-order valence-corrected chi connectivity index (χ2v) is 7.80. The summed E-state index contributed by atoms with van der Waals surface area (Å²) in [5, 5.41) is 3.70. The Morgan fingerprint density at radius 3 is 2.52 bits per heavy atom. The summed E-state index contributed by atoms with van der Waals surface area (Å²) in [6, 6.07) is 14.4. The smallest absolute Gasteiger partial charge is 0.254 e. The van der Waals surface area contributed by atoms with Gasteiger partial charge in [0.2, 0.25) is 0 Å². The highest BCUT2D eigenvalue weighted by molar-refractivity contribution is 5.94. The van der Waals surface area contributed by atoms with E-state index in [4.69, 9.17) is 0 Å². The SMILES string of the molecule is O=C(c1ccccc1)N1CCCC[C@H]1c1cccnc1NC1CCCCC1. The first-order valence-corrected chi connectivity index (χ1v) is 10.4. The van der Waals surface area contributed by atoms with Crippen molar-refractivity contribution in [3.8, 4) is 0 Å². The van der Waals surface area contributed by atoms with Crippen molar-refractivity contribution in [2.75, 3.05) is 11.9 Å². The van der Waals surface area contributed by atoms with Crippen LogP contribution in [-0.4, -0.2) is 28.4 Å². The van der Waals surface area contributed by atoms with Gasteiger partial charge in [-0.15, -0.1) is 0 Å². The number of aromatic nitrogens is 1. The molecule has 4 rings (SSSR count). The molecule has 1 aromatic heterocycles. The van der Waals surface area contributed by atoms with E-state index >= 15 is 0 Å². The molecule has 1 atom stereocenters. The second kappa shape index (κ2) is 8.55. The van der Waals surface area contributed by atoms with Crippen molar-refractivity contribution < 1.29 is 4.79 Å². The molecule has 27 heavy (non-hydrogen) atoms. The molecule has 2 fully saturated rings. The van der Waals surface area contributed by atoms with Gasteiger partial charge in [0, 0.05) is 29.9 Å². The van der Waals surface area contributed by atoms with Gasteiger partial charge in [0.05, 0.1) is 6.04 Å². The number of anilines is 1. The van der Waals surface area contributed by atoms with Crippen LogP contribution in [0.5, 0.6) is 0 Å². The Kier molecular flexibility index (Phi) is 5.71. The van der Waals surface area contributed by atoms with Crippen molar-refractivity contribution in [1.82, 2.24) is 9.88 Å². The fourth-order valence-electron chi connectivity index (χ4n) is 4.49. The van der Waals surface area contributed by atoms with Crippen LogP contribution in [0.15, 0.2) is 48.7 Å². The zero-order valence-corrected chi connectivity index (χ0v) is 15.9. The lowest BCUT2D eigenvalue weighted by molar-refractivity contribution is 0.0612. The van der Waals surface area contributed by atoms with Crippen LogP contribution in [0, 0.1) is 0 Å². The lowest BCUT2D eigenvalue weighted by atomic mass is 9.93. The molecule has 1 aromatic carbocycles. The van der Waals surface area contributed by atoms with Crippen molar-refractivity contribution in [1.29, 1.82) is 0 Å². The minimum atomic E-state index is 0.103. The van der Waals surface area contributed by atoms with Crippen LogP contribution >= 0.6 is 0 Å². The number of piperidine rings is 1. The zero-order valence-electron chi connectivity index (χ0n) is 15.9. The Bertz CT molecular complexity index is 755. The molecule has 1 saturated carbocycles. The predicted molar refractivity (Wildman–Crippen MR) is 109 cm³/mol. The average Bonchev–Trinajstić information content (AvgIpc) is 2.75. The van der Waals surface area contributed by atoms with Crippen molar-refractivity contribution in [2.45, 2.75) is 63.5 Å². The summed E-state index contributed by atoms with van der Waals surface area (Å²) >= 11 is 0. The third kappa shape index (κ3) is 4.15. The Labute approximate surface area is 162 Å². The maximum Gasteiger partial charge on any atom is 0.254 e. The molecule has 0 spiro atoms. The molecular formula is C23H29N3O. The number of pyridine rings is 1. The van der Waals surface area contributed by atoms with Crippen molar-refractivity contribution >= 4 is 11.7 Å². The van der Waals surface area contributed by atoms with Crippen LogP contribution in [-0.2, 0) is 0 Å². The van der Waals surface area contributed by atoms with Gasteiger partial charge in [-0.3, -0.25) is 4.79 Å². The molecule has 4 nitrogen and oxygen atoms in total. The van der Waals surface area contributed by atoms with Gasteiger partial charge in [-0.1, -0.05) is 43.5 Å². The van der Waals surface area contributed by atoms with E-state index in [2.05, 4.69) is 21.3 Å². The molecule has 1 amide bonds. The van der Waals surface area contributed by atoms with E-state index in [1.54, 1.807) is 0 Å². The fraction of sp³-hybridized carbons (Fsp3) is 0.478. The van der Waals surface area contributed by atoms with Crippen molar-refractivity contribution in [3.63, 3.8) is 0 Å². The van der Waals surface area contributed by atoms with E-state index in [9.17, 15) is 4.79 Å². The predicted octanol–water partition coefficient (Wildman–Crippen LogP) is 5.19. The van der Waals surface area contributed by atoms with Gasteiger partial charge in [0.25, 0.3) is 5.91 Å². The lowest BCUT2D eigenvalue weighted by Gasteiger charge is -2.37. The highest BCUT2D eigenvalue weighted by Gasteiger charge is 2.31. The molecule has 1 saturated heterocycles. The third-order valence-corrected chi connectivity index (χ3v) is 5.93. The van der Waals surface area contributed by atoms with Gasteiger partial charge in [0.15, 0.2) is 0 Å². The number of nitrogens with zero attached hydrogens (tertiary/aromatic N) is 2. The molecule has 2 heterocycles. The van der Waals surface area contributed by atoms with Crippen molar-refractivity contribution in [2.24, 2.45) is 0 Å². The van der Waals surface area contributed by atoms with Gasteiger partial charge in [-0.05, 0) is 50.3 Å². The lowest BCUT2D eigenvalue weighted by Crippen LogP contribution is -2.39. The highest BCUT2D eigenvalue weighted by atomic mass is 16.2. The normalized spacial score (nSPS) is 21.0. The van der Waals surface area contributed by atoms with Crippen molar-refractivity contribution in [3.05, 3.63) is 59.8 Å². The minimum absolute atomic E-state index is 0.103. The van der Waals surface area contributed by atoms with Crippen LogP contribution in [0.25, 0.3) is 0 Å². The van der Waals surface area contributed by atoms with Gasteiger partial charge in [-0.2, -0.15) is 0 Å². The molecule has 4 heteroatoms. The van der Waals surface area contributed by atoms with E-state index in [1.165, 1.54) is 37.7 Å². The quantitative estimate of drug-likeness (QED) is 0.813. The summed E-state index contributed by atoms with van der Waals surface area (Å²) in [6.07, 6.45) is 11.5. The largest absolute Gasteiger partial charge is 0.367 e. The number of carbonyl (C=O) groups is 1. The molecule has 2 aromatic rings. The number of hydrogen-bond donors (Lipinski definition) is 1. The first-order chi connectivity index (χ1) is 13.3. The molecule has 2 aliphatic rings. The van der Waals surface area contributed by atoms with Crippen LogP contribution in [0.3, 0.4) is 0 Å². The standard InChI is InChI=1S/C23H29N3O/c27-23(18-10-3-1-4-11-18)26-17-8-7-15-21(26)20-14-9-16-24-22(20)25-19-12-5-2-6-13-19/h1,3-4,9-11,14,16,19,21H,2,5-8,12-13,15,17H2,(H,24,25)/t21-/m0/s1. The Balaban J connectivity index is 1.59. The second-order valence-electron chi connectivity index (χ2n) is 7.80. The summed E-state index contributed by atoms with van der Waals surface area (Å²) in [4.78, 5) is 19.9. The maximum absolute atomic E-state index is 13.2. The Morgan fingerprint density at radius 1 is 0.926 bits per heavy atom. The first kappa shape index (κ1) is 18.0. The van der Waals surface area contributed by atoms with E-state index in [0.29, 0.717) is 6.04 Å². The molecule has 0 bridgehead atoms. The maximum atomic E-state index is 13.2. The molecule has 1 aliphatic heterocycles. The summed E-state index contributed by atoms with van der Waals surface area (Å²) in [6.45, 7) is 0.816. The minimum Gasteiger partial charge on any atom is -0.367 e. The van der Waals surface area contributed by atoms with E-state index in [1.807, 2.05) is 42.6 Å². The third-order valence-electron chi connectivity index (χ3n) is 5.93. The number of benzene rings is 1. The number of amides is 1. The van der Waals surface area contributed by atoms with E-state index in [-0.39, 0.29) is 11.9 Å². The molecule has 1 aliphatic carbocycles. The Hall–Kier alpha value is -2.36. The molecule has 1 N–H and O–H groups in total. The van der Waals surface area contributed by atoms with Gasteiger partial charge < -0.3 is 10.2 Å². The number of carbonyl (C=O) groups excluding carboxylic acids is 1. The number of nitrogens with one attached hydrogen (secondary N) is 1. The monoisotopic (exact) mass is 363 g/mol. The molecule has 0 unspecified atom stereocenters. The highest BCUT2D eigenvalue weighted by Crippen LogP contribution is 2.36. The number of rotatable bonds is 4. The molecular weight excluding hydrogens is 334 g/mol. The fourth-order valence-corrected chi connectivity index (χ4v) is 4.49. The Morgan fingerprint density at radius 2 is 1.70 bits per heavy atom. The molecule has 0 radical (unpaired) electrons. The van der Waals surface area contributed by atoms with Crippen LogP contribution < -0.4 is 5.32 Å². The summed E-state index contributed by atoms with van der Waals surface area (Å²) in [5.41, 5.74) is 1.95. The van der Waals surface area contributed by atoms with E-state index < -0.39 is 0 Å². The topological polar surface area (TPSA) is 45.2 Å². The molecule has 142 valence electrons. The van der Waals surface area contributed by atoms with E-state index in [0.717, 1.165) is 37.2 Å². The average molecular weight is 364 g/mol. The summed E-state index contributed by atoms with van der Waals surface area (Å²) in [5.74, 6) is 1.11. The van der Waals surface area contributed by atoms with Gasteiger partial charge >= 0.3 is 0 Å². The zero-order chi connectivity index (χ0) is 18.5.